The van der Waals surface area contributed by atoms with E-state index in [0.29, 0.717) is 0 Å². The second kappa shape index (κ2) is 4.96. The van der Waals surface area contributed by atoms with Gasteiger partial charge in [-0.25, -0.2) is 0 Å². The molecule has 1 aliphatic heterocycles. The van der Waals surface area contributed by atoms with Crippen LogP contribution in [0.4, 0.5) is 0 Å². The largest absolute Gasteiger partial charge is 0.394 e. The third kappa shape index (κ3) is 2.29. The fourth-order valence-electron chi connectivity index (χ4n) is 1.07. The fraction of sp³-hybridized carbons (Fsp3) is 1.00. The van der Waals surface area contributed by atoms with Crippen LogP contribution < -0.4 is 5.73 Å². The van der Waals surface area contributed by atoms with Crippen LogP contribution in [0.2, 0.25) is 0 Å². The number of rotatable bonds is 1. The van der Waals surface area contributed by atoms with Crippen LogP contribution >= 0.6 is 12.4 Å². The minimum atomic E-state index is -1.08. The quantitative estimate of drug-likeness (QED) is 0.386. The van der Waals surface area contributed by atoms with Gasteiger partial charge in [0.1, 0.15) is 12.2 Å². The predicted octanol–water partition coefficient (Wildman–Crippen LogP) is -2.15. The third-order valence-corrected chi connectivity index (χ3v) is 1.85. The van der Waals surface area contributed by atoms with Crippen LogP contribution in [0.5, 0.6) is 0 Å². The van der Waals surface area contributed by atoms with Crippen molar-refractivity contribution in [2.24, 2.45) is 5.73 Å². The number of nitrogens with two attached hydrogens (primary N) is 1. The topological polar surface area (TPSA) is 95.9 Å². The Kier molecular flexibility index (Phi) is 5.00. The number of aliphatic hydroxyl groups excluding tert-OH is 3. The molecule has 0 aliphatic carbocycles. The number of halogens is 1. The fourth-order valence-corrected chi connectivity index (χ4v) is 1.07. The Hall–Kier alpha value is 0.0900. The standard InChI is InChI=1S/C6H13NO4.ClH/c7-3-2-11-4(1-8)6(10)5(3)9;/h3-6,8-10H,1-2,7H2;1H/t3-,4+,5+,6-;/m0./s1. The van der Waals surface area contributed by atoms with E-state index < -0.39 is 24.4 Å². The second-order valence-corrected chi connectivity index (χ2v) is 2.70. The highest BCUT2D eigenvalue weighted by atomic mass is 35.5. The van der Waals surface area contributed by atoms with Crippen LogP contribution in [0.3, 0.4) is 0 Å². The van der Waals surface area contributed by atoms with Crippen molar-refractivity contribution in [1.29, 1.82) is 0 Å². The molecule has 0 bridgehead atoms. The first-order valence-electron chi connectivity index (χ1n) is 3.51. The average molecular weight is 200 g/mol. The van der Waals surface area contributed by atoms with Gasteiger partial charge in [-0.3, -0.25) is 0 Å². The molecule has 0 radical (unpaired) electrons. The van der Waals surface area contributed by atoms with Crippen molar-refractivity contribution in [3.63, 3.8) is 0 Å². The van der Waals surface area contributed by atoms with E-state index in [1.54, 1.807) is 0 Å². The average Bonchev–Trinajstić information content (AvgIpc) is 2.01. The van der Waals surface area contributed by atoms with Crippen molar-refractivity contribution in [2.75, 3.05) is 13.2 Å². The molecule has 5 nitrogen and oxygen atoms in total. The highest BCUT2D eigenvalue weighted by molar-refractivity contribution is 5.85. The zero-order chi connectivity index (χ0) is 8.43. The van der Waals surface area contributed by atoms with Crippen molar-refractivity contribution in [1.82, 2.24) is 0 Å². The normalized spacial score (nSPS) is 42.0. The molecule has 0 aromatic carbocycles. The van der Waals surface area contributed by atoms with Crippen molar-refractivity contribution in [3.05, 3.63) is 0 Å². The Morgan fingerprint density at radius 2 is 1.92 bits per heavy atom. The minimum absolute atomic E-state index is 0. The monoisotopic (exact) mass is 199 g/mol. The van der Waals surface area contributed by atoms with Crippen LogP contribution in [0, 0.1) is 0 Å². The zero-order valence-corrected chi connectivity index (χ0v) is 7.28. The number of ether oxygens (including phenoxy) is 1. The maximum absolute atomic E-state index is 9.19. The highest BCUT2D eigenvalue weighted by Gasteiger charge is 2.35. The first-order chi connectivity index (χ1) is 5.16. The zero-order valence-electron chi connectivity index (χ0n) is 6.46. The molecule has 6 heteroatoms. The Morgan fingerprint density at radius 3 is 2.42 bits per heavy atom. The highest BCUT2D eigenvalue weighted by Crippen LogP contribution is 2.13. The third-order valence-electron chi connectivity index (χ3n) is 1.85. The van der Waals surface area contributed by atoms with Gasteiger partial charge in [-0.2, -0.15) is 0 Å². The molecule has 1 aliphatic rings. The summed E-state index contributed by atoms with van der Waals surface area (Å²) in [5.74, 6) is 0. The molecule has 0 aromatic heterocycles. The SMILES string of the molecule is Cl.N[C@H]1CO[C@H](CO)[C@H](O)[C@@H]1O. The van der Waals surface area contributed by atoms with Gasteiger partial charge in [0.05, 0.1) is 25.4 Å². The summed E-state index contributed by atoms with van der Waals surface area (Å²) in [4.78, 5) is 0. The lowest BCUT2D eigenvalue weighted by molar-refractivity contribution is -0.156. The molecular weight excluding hydrogens is 186 g/mol. The van der Waals surface area contributed by atoms with Gasteiger partial charge >= 0.3 is 0 Å². The molecule has 1 fully saturated rings. The summed E-state index contributed by atoms with van der Waals surface area (Å²) in [7, 11) is 0. The summed E-state index contributed by atoms with van der Waals surface area (Å²) >= 11 is 0. The van der Waals surface area contributed by atoms with Crippen LogP contribution in [0.1, 0.15) is 0 Å². The summed E-state index contributed by atoms with van der Waals surface area (Å²) in [6.45, 7) is -0.131. The van der Waals surface area contributed by atoms with Gasteiger partial charge in [0.15, 0.2) is 0 Å². The van der Waals surface area contributed by atoms with Gasteiger partial charge in [-0.05, 0) is 0 Å². The molecule has 1 saturated heterocycles. The molecule has 0 unspecified atom stereocenters. The van der Waals surface area contributed by atoms with E-state index >= 15 is 0 Å². The van der Waals surface area contributed by atoms with E-state index in [1.807, 2.05) is 0 Å². The van der Waals surface area contributed by atoms with Crippen molar-refractivity contribution in [3.8, 4) is 0 Å². The number of hydrogen-bond donors (Lipinski definition) is 4. The molecule has 1 rings (SSSR count). The number of hydrogen-bond acceptors (Lipinski definition) is 5. The maximum Gasteiger partial charge on any atom is 0.110 e. The lowest BCUT2D eigenvalue weighted by Gasteiger charge is -2.34. The lowest BCUT2D eigenvalue weighted by Crippen LogP contribution is -2.57. The second-order valence-electron chi connectivity index (χ2n) is 2.70. The van der Waals surface area contributed by atoms with Crippen molar-refractivity contribution >= 4 is 12.4 Å². The maximum atomic E-state index is 9.19. The van der Waals surface area contributed by atoms with Gasteiger partial charge in [-0.15, -0.1) is 12.4 Å². The van der Waals surface area contributed by atoms with Gasteiger partial charge in [0.25, 0.3) is 0 Å². The molecule has 0 aromatic rings. The first kappa shape index (κ1) is 12.1. The van der Waals surface area contributed by atoms with Crippen LogP contribution in [-0.2, 0) is 4.74 Å². The molecular formula is C6H14ClNO4. The molecule has 12 heavy (non-hydrogen) atoms. The Morgan fingerprint density at radius 1 is 1.33 bits per heavy atom. The smallest absolute Gasteiger partial charge is 0.110 e. The summed E-state index contributed by atoms with van der Waals surface area (Å²) in [6.07, 6.45) is -2.78. The van der Waals surface area contributed by atoms with Crippen LogP contribution in [0.25, 0.3) is 0 Å². The van der Waals surface area contributed by atoms with E-state index in [4.69, 9.17) is 15.6 Å². The van der Waals surface area contributed by atoms with Crippen molar-refractivity contribution in [2.45, 2.75) is 24.4 Å². The molecule has 0 spiro atoms. The molecule has 0 amide bonds. The van der Waals surface area contributed by atoms with E-state index in [-0.39, 0.29) is 25.6 Å². The van der Waals surface area contributed by atoms with Gasteiger partial charge in [-0.1, -0.05) is 0 Å². The Labute approximate surface area is 76.5 Å². The molecule has 74 valence electrons. The van der Waals surface area contributed by atoms with E-state index in [1.165, 1.54) is 0 Å². The van der Waals surface area contributed by atoms with Gasteiger partial charge in [0.2, 0.25) is 0 Å². The summed E-state index contributed by atoms with van der Waals surface area (Å²) in [6, 6.07) is -0.562. The van der Waals surface area contributed by atoms with Gasteiger partial charge in [0, 0.05) is 0 Å². The lowest BCUT2D eigenvalue weighted by atomic mass is 9.99. The number of aliphatic hydroxyl groups is 3. The Bertz CT molecular complexity index is 135. The van der Waals surface area contributed by atoms with Crippen LogP contribution in [-0.4, -0.2) is 52.9 Å². The molecule has 4 atom stereocenters. The predicted molar refractivity (Wildman–Crippen MR) is 44.1 cm³/mol. The van der Waals surface area contributed by atoms with Gasteiger partial charge < -0.3 is 25.8 Å². The van der Waals surface area contributed by atoms with E-state index in [2.05, 4.69) is 0 Å². The Balaban J connectivity index is 0.00000121. The summed E-state index contributed by atoms with van der Waals surface area (Å²) in [5, 5.41) is 27.0. The summed E-state index contributed by atoms with van der Waals surface area (Å²) < 4.78 is 4.94. The molecule has 1 heterocycles. The molecule has 5 N–H and O–H groups in total. The molecule has 0 saturated carbocycles. The van der Waals surface area contributed by atoms with Crippen molar-refractivity contribution < 1.29 is 20.1 Å². The first-order valence-corrected chi connectivity index (χ1v) is 3.51. The van der Waals surface area contributed by atoms with E-state index in [0.717, 1.165) is 0 Å². The van der Waals surface area contributed by atoms with Crippen LogP contribution in [0.15, 0.2) is 0 Å². The summed E-state index contributed by atoms with van der Waals surface area (Å²) in [5.41, 5.74) is 5.37. The van der Waals surface area contributed by atoms with E-state index in [9.17, 15) is 10.2 Å². The minimum Gasteiger partial charge on any atom is -0.394 e.